The molecule has 0 unspecified atom stereocenters. The zero-order valence-corrected chi connectivity index (χ0v) is 9.40. The van der Waals surface area contributed by atoms with Crippen LogP contribution in [0.1, 0.15) is 35.2 Å². The number of benzene rings is 1. The van der Waals surface area contributed by atoms with E-state index in [0.717, 1.165) is 24.7 Å². The Labute approximate surface area is 95.7 Å². The van der Waals surface area contributed by atoms with Gasteiger partial charge in [-0.2, -0.15) is 5.26 Å². The molecule has 0 aliphatic rings. The maximum Gasteiger partial charge on any atom is 0.153 e. The van der Waals surface area contributed by atoms with Crippen molar-refractivity contribution in [3.63, 3.8) is 0 Å². The van der Waals surface area contributed by atoms with Crippen LogP contribution in [0.15, 0.2) is 18.2 Å². The predicted molar refractivity (Wildman–Crippen MR) is 61.5 cm³/mol. The highest BCUT2D eigenvalue weighted by atomic mass is 16.5. The molecule has 84 valence electrons. The SMILES string of the molecule is Cc1ccc(OCCCCC#N)c(C=O)c1. The van der Waals surface area contributed by atoms with Crippen molar-refractivity contribution in [2.45, 2.75) is 26.2 Å². The Morgan fingerprint density at radius 1 is 1.44 bits per heavy atom. The molecule has 0 amide bonds. The number of unbranched alkanes of at least 4 members (excludes halogenated alkanes) is 2. The molecule has 0 saturated carbocycles. The van der Waals surface area contributed by atoms with E-state index in [1.54, 1.807) is 6.07 Å². The summed E-state index contributed by atoms with van der Waals surface area (Å²) in [6.07, 6.45) is 3.02. The van der Waals surface area contributed by atoms with Gasteiger partial charge in [-0.25, -0.2) is 0 Å². The molecule has 0 atom stereocenters. The highest BCUT2D eigenvalue weighted by Gasteiger charge is 2.02. The summed E-state index contributed by atoms with van der Waals surface area (Å²) in [5, 5.41) is 8.36. The van der Waals surface area contributed by atoms with Crippen molar-refractivity contribution in [1.29, 1.82) is 5.26 Å². The molecule has 0 aliphatic heterocycles. The monoisotopic (exact) mass is 217 g/mol. The first kappa shape index (κ1) is 12.3. The Morgan fingerprint density at radius 2 is 2.25 bits per heavy atom. The van der Waals surface area contributed by atoms with Crippen LogP contribution in [0.5, 0.6) is 5.75 Å². The van der Waals surface area contributed by atoms with E-state index >= 15 is 0 Å². The molecule has 0 aromatic heterocycles. The van der Waals surface area contributed by atoms with Crippen molar-refractivity contribution in [2.24, 2.45) is 0 Å². The maximum atomic E-state index is 10.8. The summed E-state index contributed by atoms with van der Waals surface area (Å²) in [7, 11) is 0. The van der Waals surface area contributed by atoms with Crippen LogP contribution in [0.4, 0.5) is 0 Å². The number of nitriles is 1. The van der Waals surface area contributed by atoms with Gasteiger partial charge in [0.25, 0.3) is 0 Å². The third-order valence-corrected chi connectivity index (χ3v) is 2.23. The zero-order chi connectivity index (χ0) is 11.8. The molecule has 3 heteroatoms. The Bertz CT molecular complexity index is 393. The number of nitrogens with zero attached hydrogens (tertiary/aromatic N) is 1. The fraction of sp³-hybridized carbons (Fsp3) is 0.385. The third-order valence-electron chi connectivity index (χ3n) is 2.23. The van der Waals surface area contributed by atoms with Crippen LogP contribution in [-0.2, 0) is 0 Å². The molecule has 1 aromatic rings. The summed E-state index contributed by atoms with van der Waals surface area (Å²) in [6, 6.07) is 7.61. The van der Waals surface area contributed by atoms with E-state index in [9.17, 15) is 4.79 Å². The summed E-state index contributed by atoms with van der Waals surface area (Å²) in [5.74, 6) is 0.623. The lowest BCUT2D eigenvalue weighted by molar-refractivity contribution is 0.111. The van der Waals surface area contributed by atoms with Crippen LogP contribution in [-0.4, -0.2) is 12.9 Å². The van der Waals surface area contributed by atoms with Crippen molar-refractivity contribution in [3.05, 3.63) is 29.3 Å². The van der Waals surface area contributed by atoms with E-state index in [-0.39, 0.29) is 0 Å². The second kappa shape index (κ2) is 6.62. The Balaban J connectivity index is 2.47. The fourth-order valence-corrected chi connectivity index (χ4v) is 1.38. The standard InChI is InChI=1S/C13H15NO2/c1-11-5-6-13(12(9-11)10-15)16-8-4-2-3-7-14/h5-6,9-10H,2-4,8H2,1H3. The number of carbonyl (C=O) groups is 1. The lowest BCUT2D eigenvalue weighted by Crippen LogP contribution is -2.00. The third kappa shape index (κ3) is 3.74. The van der Waals surface area contributed by atoms with E-state index in [0.29, 0.717) is 24.3 Å². The topological polar surface area (TPSA) is 50.1 Å². The average molecular weight is 217 g/mol. The predicted octanol–water partition coefficient (Wildman–Crippen LogP) is 2.88. The summed E-state index contributed by atoms with van der Waals surface area (Å²) < 4.78 is 5.49. The molecule has 3 nitrogen and oxygen atoms in total. The van der Waals surface area contributed by atoms with Crippen LogP contribution < -0.4 is 4.74 Å². The van der Waals surface area contributed by atoms with Gasteiger partial charge >= 0.3 is 0 Å². The lowest BCUT2D eigenvalue weighted by Gasteiger charge is -2.08. The molecule has 1 aromatic carbocycles. The molecule has 0 aliphatic carbocycles. The Morgan fingerprint density at radius 3 is 2.94 bits per heavy atom. The molecular weight excluding hydrogens is 202 g/mol. The first-order valence-corrected chi connectivity index (χ1v) is 5.33. The number of aryl methyl sites for hydroxylation is 1. The highest BCUT2D eigenvalue weighted by Crippen LogP contribution is 2.18. The van der Waals surface area contributed by atoms with Gasteiger partial charge in [-0.15, -0.1) is 0 Å². The fourth-order valence-electron chi connectivity index (χ4n) is 1.38. The van der Waals surface area contributed by atoms with Gasteiger partial charge in [0.1, 0.15) is 5.75 Å². The molecule has 0 fully saturated rings. The number of hydrogen-bond donors (Lipinski definition) is 0. The van der Waals surface area contributed by atoms with Gasteiger partial charge in [0.05, 0.1) is 18.2 Å². The van der Waals surface area contributed by atoms with E-state index < -0.39 is 0 Å². The van der Waals surface area contributed by atoms with Crippen LogP contribution >= 0.6 is 0 Å². The molecular formula is C13H15NO2. The van der Waals surface area contributed by atoms with Crippen molar-refractivity contribution in [2.75, 3.05) is 6.61 Å². The number of ether oxygens (including phenoxy) is 1. The van der Waals surface area contributed by atoms with Crippen molar-refractivity contribution in [1.82, 2.24) is 0 Å². The van der Waals surface area contributed by atoms with E-state index in [2.05, 4.69) is 6.07 Å². The molecule has 0 saturated heterocycles. The zero-order valence-electron chi connectivity index (χ0n) is 9.40. The first-order chi connectivity index (χ1) is 7.77. The van der Waals surface area contributed by atoms with Gasteiger partial charge in [-0.05, 0) is 31.9 Å². The maximum absolute atomic E-state index is 10.8. The minimum absolute atomic E-state index is 0.547. The summed E-state index contributed by atoms with van der Waals surface area (Å²) in [5.41, 5.74) is 1.62. The van der Waals surface area contributed by atoms with Gasteiger partial charge < -0.3 is 4.74 Å². The number of carbonyl (C=O) groups excluding carboxylic acids is 1. The minimum Gasteiger partial charge on any atom is -0.493 e. The van der Waals surface area contributed by atoms with E-state index in [4.69, 9.17) is 10.00 Å². The van der Waals surface area contributed by atoms with E-state index in [1.165, 1.54) is 0 Å². The van der Waals surface area contributed by atoms with Gasteiger partial charge in [0, 0.05) is 6.42 Å². The Kier molecular flexibility index (Phi) is 5.07. The molecule has 0 spiro atoms. The summed E-state index contributed by atoms with van der Waals surface area (Å²) in [6.45, 7) is 2.48. The smallest absolute Gasteiger partial charge is 0.153 e. The summed E-state index contributed by atoms with van der Waals surface area (Å²) in [4.78, 5) is 10.8. The number of rotatable bonds is 6. The molecule has 0 bridgehead atoms. The average Bonchev–Trinajstić information content (AvgIpc) is 2.30. The molecule has 16 heavy (non-hydrogen) atoms. The second-order valence-electron chi connectivity index (χ2n) is 3.62. The second-order valence-corrected chi connectivity index (χ2v) is 3.62. The van der Waals surface area contributed by atoms with Crippen LogP contribution in [0.25, 0.3) is 0 Å². The van der Waals surface area contributed by atoms with Crippen LogP contribution in [0.2, 0.25) is 0 Å². The van der Waals surface area contributed by atoms with Crippen LogP contribution in [0, 0.1) is 18.3 Å². The minimum atomic E-state index is 0.547. The molecule has 1 rings (SSSR count). The Hall–Kier alpha value is -1.82. The normalized spacial score (nSPS) is 9.50. The van der Waals surface area contributed by atoms with Crippen molar-refractivity contribution >= 4 is 6.29 Å². The molecule has 0 heterocycles. The highest BCUT2D eigenvalue weighted by molar-refractivity contribution is 5.79. The van der Waals surface area contributed by atoms with Gasteiger partial charge in [-0.3, -0.25) is 4.79 Å². The van der Waals surface area contributed by atoms with Crippen molar-refractivity contribution < 1.29 is 9.53 Å². The van der Waals surface area contributed by atoms with Gasteiger partial charge in [0.2, 0.25) is 0 Å². The van der Waals surface area contributed by atoms with Gasteiger partial charge in [0.15, 0.2) is 6.29 Å². The first-order valence-electron chi connectivity index (χ1n) is 5.33. The largest absolute Gasteiger partial charge is 0.493 e. The molecule has 0 radical (unpaired) electrons. The van der Waals surface area contributed by atoms with E-state index in [1.807, 2.05) is 19.1 Å². The quantitative estimate of drug-likeness (QED) is 0.543. The van der Waals surface area contributed by atoms with Gasteiger partial charge in [-0.1, -0.05) is 11.6 Å². The van der Waals surface area contributed by atoms with Crippen molar-refractivity contribution in [3.8, 4) is 11.8 Å². The summed E-state index contributed by atoms with van der Waals surface area (Å²) >= 11 is 0. The number of hydrogen-bond acceptors (Lipinski definition) is 3. The lowest BCUT2D eigenvalue weighted by atomic mass is 10.1. The van der Waals surface area contributed by atoms with Crippen LogP contribution in [0.3, 0.4) is 0 Å². The number of aldehydes is 1. The molecule has 0 N–H and O–H groups in total.